The summed E-state index contributed by atoms with van der Waals surface area (Å²) in [4.78, 5) is 30.7. The zero-order chi connectivity index (χ0) is 25.2. The summed E-state index contributed by atoms with van der Waals surface area (Å²) in [5.74, 6) is 1.53. The van der Waals surface area contributed by atoms with Crippen molar-refractivity contribution in [2.75, 3.05) is 31.9 Å². The number of anilines is 1. The van der Waals surface area contributed by atoms with Crippen LogP contribution in [-0.2, 0) is 6.61 Å². The third-order valence-electron chi connectivity index (χ3n) is 7.42. The monoisotopic (exact) mass is 497 g/mol. The lowest BCUT2D eigenvalue weighted by Crippen LogP contribution is -2.45. The molecule has 0 atom stereocenters. The SMILES string of the molecule is Nc1ncc(-c2ccc(C(=O)N3CCC(N4CCCC4)CC3)cc2)cc1OCc1cn2cccnc2n1. The van der Waals surface area contributed by atoms with E-state index in [1.807, 2.05) is 58.1 Å². The summed E-state index contributed by atoms with van der Waals surface area (Å²) in [6, 6.07) is 12.0. The van der Waals surface area contributed by atoms with Gasteiger partial charge in [0, 0.05) is 55.0 Å². The highest BCUT2D eigenvalue weighted by molar-refractivity contribution is 5.94. The van der Waals surface area contributed by atoms with E-state index in [0.717, 1.165) is 42.8 Å². The minimum absolute atomic E-state index is 0.104. The van der Waals surface area contributed by atoms with Crippen LogP contribution in [0.25, 0.3) is 16.9 Å². The molecular weight excluding hydrogens is 466 g/mol. The van der Waals surface area contributed by atoms with E-state index < -0.39 is 0 Å². The van der Waals surface area contributed by atoms with Crippen molar-refractivity contribution < 1.29 is 9.53 Å². The van der Waals surface area contributed by atoms with Gasteiger partial charge in [-0.15, -0.1) is 0 Å². The molecular formula is C28H31N7O2. The lowest BCUT2D eigenvalue weighted by Gasteiger charge is -2.36. The van der Waals surface area contributed by atoms with Crippen molar-refractivity contribution in [3.63, 3.8) is 0 Å². The molecule has 4 aromatic rings. The first kappa shape index (κ1) is 23.4. The molecule has 5 heterocycles. The molecule has 2 fully saturated rings. The average Bonchev–Trinajstić information content (AvgIpc) is 3.63. The number of imidazole rings is 1. The molecule has 0 saturated carbocycles. The van der Waals surface area contributed by atoms with Gasteiger partial charge < -0.3 is 20.3 Å². The first-order chi connectivity index (χ1) is 18.1. The summed E-state index contributed by atoms with van der Waals surface area (Å²) in [6.07, 6.45) is 11.9. The van der Waals surface area contributed by atoms with E-state index in [4.69, 9.17) is 10.5 Å². The van der Waals surface area contributed by atoms with Gasteiger partial charge in [0.05, 0.1) is 5.69 Å². The maximum Gasteiger partial charge on any atom is 0.253 e. The number of benzene rings is 1. The van der Waals surface area contributed by atoms with Crippen LogP contribution in [0.15, 0.2) is 61.2 Å². The van der Waals surface area contributed by atoms with E-state index in [0.29, 0.717) is 29.0 Å². The molecule has 6 rings (SSSR count). The van der Waals surface area contributed by atoms with E-state index in [1.165, 1.54) is 25.9 Å². The Hall–Kier alpha value is -3.98. The summed E-state index contributed by atoms with van der Waals surface area (Å²) in [6.45, 7) is 4.33. The van der Waals surface area contributed by atoms with E-state index in [9.17, 15) is 4.79 Å². The van der Waals surface area contributed by atoms with Gasteiger partial charge in [0.15, 0.2) is 11.6 Å². The number of nitrogen functional groups attached to an aromatic ring is 1. The van der Waals surface area contributed by atoms with Gasteiger partial charge in [-0.05, 0) is 68.6 Å². The highest BCUT2D eigenvalue weighted by Gasteiger charge is 2.28. The first-order valence-corrected chi connectivity index (χ1v) is 12.9. The molecule has 2 aliphatic heterocycles. The molecule has 9 heteroatoms. The number of hydrogen-bond donors (Lipinski definition) is 1. The lowest BCUT2D eigenvalue weighted by atomic mass is 10.0. The first-order valence-electron chi connectivity index (χ1n) is 12.9. The number of nitrogens with two attached hydrogens (primary N) is 1. The quantitative estimate of drug-likeness (QED) is 0.434. The van der Waals surface area contributed by atoms with Crippen molar-refractivity contribution in [3.05, 3.63) is 72.4 Å². The molecule has 3 aromatic heterocycles. The van der Waals surface area contributed by atoms with Gasteiger partial charge in [-0.3, -0.25) is 9.20 Å². The molecule has 0 bridgehead atoms. The third-order valence-corrected chi connectivity index (χ3v) is 7.42. The number of likely N-dealkylation sites (tertiary alicyclic amines) is 2. The third kappa shape index (κ3) is 4.99. The smallest absolute Gasteiger partial charge is 0.253 e. The van der Waals surface area contributed by atoms with Crippen LogP contribution < -0.4 is 10.5 Å². The Labute approximate surface area is 215 Å². The van der Waals surface area contributed by atoms with Gasteiger partial charge in [-0.2, -0.15) is 0 Å². The van der Waals surface area contributed by atoms with Crippen LogP contribution in [-0.4, -0.2) is 67.3 Å². The number of pyridine rings is 1. The predicted octanol–water partition coefficient (Wildman–Crippen LogP) is 3.65. The van der Waals surface area contributed by atoms with E-state index >= 15 is 0 Å². The van der Waals surface area contributed by atoms with Crippen LogP contribution in [0.3, 0.4) is 0 Å². The van der Waals surface area contributed by atoms with Gasteiger partial charge >= 0.3 is 0 Å². The zero-order valence-electron chi connectivity index (χ0n) is 20.8. The number of carbonyl (C=O) groups is 1. The Morgan fingerprint density at radius 2 is 1.81 bits per heavy atom. The normalized spacial score (nSPS) is 16.9. The fourth-order valence-electron chi connectivity index (χ4n) is 5.36. The van der Waals surface area contributed by atoms with Crippen LogP contribution in [0.2, 0.25) is 0 Å². The molecule has 37 heavy (non-hydrogen) atoms. The molecule has 0 unspecified atom stereocenters. The second-order valence-electron chi connectivity index (χ2n) is 9.80. The number of aromatic nitrogens is 4. The predicted molar refractivity (Wildman–Crippen MR) is 141 cm³/mol. The van der Waals surface area contributed by atoms with Crippen LogP contribution in [0.4, 0.5) is 5.82 Å². The summed E-state index contributed by atoms with van der Waals surface area (Å²) in [5, 5.41) is 0. The lowest BCUT2D eigenvalue weighted by molar-refractivity contribution is 0.0644. The second-order valence-corrected chi connectivity index (χ2v) is 9.80. The zero-order valence-corrected chi connectivity index (χ0v) is 20.8. The number of piperidine rings is 1. The summed E-state index contributed by atoms with van der Waals surface area (Å²) in [5.41, 5.74) is 9.34. The number of nitrogens with zero attached hydrogens (tertiary/aromatic N) is 6. The highest BCUT2D eigenvalue weighted by atomic mass is 16.5. The summed E-state index contributed by atoms with van der Waals surface area (Å²) < 4.78 is 7.79. The van der Waals surface area contributed by atoms with Crippen molar-refractivity contribution in [1.29, 1.82) is 0 Å². The molecule has 9 nitrogen and oxygen atoms in total. The fourth-order valence-corrected chi connectivity index (χ4v) is 5.36. The van der Waals surface area contributed by atoms with Crippen LogP contribution in [0.5, 0.6) is 5.75 Å². The number of amides is 1. The van der Waals surface area contributed by atoms with Gasteiger partial charge in [0.2, 0.25) is 5.78 Å². The Kier molecular flexibility index (Phi) is 6.44. The molecule has 2 N–H and O–H groups in total. The Morgan fingerprint density at radius 1 is 1.03 bits per heavy atom. The minimum atomic E-state index is 0.104. The van der Waals surface area contributed by atoms with E-state index in [1.54, 1.807) is 12.4 Å². The Bertz CT molecular complexity index is 1350. The van der Waals surface area contributed by atoms with Crippen molar-refractivity contribution in [2.24, 2.45) is 0 Å². The van der Waals surface area contributed by atoms with E-state index in [2.05, 4.69) is 19.9 Å². The van der Waals surface area contributed by atoms with Gasteiger partial charge in [0.1, 0.15) is 6.61 Å². The maximum atomic E-state index is 13.1. The van der Waals surface area contributed by atoms with Crippen LogP contribution >= 0.6 is 0 Å². The Balaban J connectivity index is 1.10. The molecule has 190 valence electrons. The van der Waals surface area contributed by atoms with Crippen molar-refractivity contribution in [1.82, 2.24) is 29.2 Å². The largest absolute Gasteiger partial charge is 0.483 e. The number of ether oxygens (including phenoxy) is 1. The summed E-state index contributed by atoms with van der Waals surface area (Å²) >= 11 is 0. The number of carbonyl (C=O) groups excluding carboxylic acids is 1. The maximum absolute atomic E-state index is 13.1. The molecule has 0 radical (unpaired) electrons. The summed E-state index contributed by atoms with van der Waals surface area (Å²) in [7, 11) is 0. The molecule has 1 aromatic carbocycles. The molecule has 0 spiro atoms. The highest BCUT2D eigenvalue weighted by Crippen LogP contribution is 2.28. The number of hydrogen-bond acceptors (Lipinski definition) is 7. The second kappa shape index (κ2) is 10.2. The van der Waals surface area contributed by atoms with Crippen molar-refractivity contribution in [3.8, 4) is 16.9 Å². The number of rotatable bonds is 6. The van der Waals surface area contributed by atoms with Crippen molar-refractivity contribution >= 4 is 17.5 Å². The van der Waals surface area contributed by atoms with Crippen LogP contribution in [0.1, 0.15) is 41.7 Å². The molecule has 2 saturated heterocycles. The van der Waals surface area contributed by atoms with Crippen molar-refractivity contribution in [2.45, 2.75) is 38.3 Å². The molecule has 1 amide bonds. The topological polar surface area (TPSA) is 102 Å². The van der Waals surface area contributed by atoms with Crippen LogP contribution in [0, 0.1) is 0 Å². The van der Waals surface area contributed by atoms with Gasteiger partial charge in [0.25, 0.3) is 5.91 Å². The van der Waals surface area contributed by atoms with Gasteiger partial charge in [-0.1, -0.05) is 12.1 Å². The Morgan fingerprint density at radius 3 is 2.57 bits per heavy atom. The molecule has 0 aliphatic carbocycles. The number of fused-ring (bicyclic) bond motifs is 1. The standard InChI is InChI=1S/C28H31N7O2/c29-26-25(37-19-23-18-35-13-3-10-30-28(35)32-23)16-22(17-31-26)20-4-6-21(7-5-20)27(36)34-14-8-24(9-15-34)33-11-1-2-12-33/h3-7,10,13,16-18,24H,1-2,8-9,11-12,14-15,19H2,(H2,29,31). The average molecular weight is 498 g/mol. The van der Waals surface area contributed by atoms with Gasteiger partial charge in [-0.25, -0.2) is 15.0 Å². The van der Waals surface area contributed by atoms with E-state index in [-0.39, 0.29) is 12.5 Å². The molecule has 2 aliphatic rings. The fraction of sp³-hybridized carbons (Fsp3) is 0.357. The minimum Gasteiger partial charge on any atom is -0.483 e.